The fourth-order valence-corrected chi connectivity index (χ4v) is 6.26. The van der Waals surface area contributed by atoms with Crippen LogP contribution in [0.3, 0.4) is 0 Å². The van der Waals surface area contributed by atoms with Crippen LogP contribution in [0, 0.1) is 20.8 Å². The van der Waals surface area contributed by atoms with E-state index in [2.05, 4.69) is 136 Å². The SMILES string of the molecule is Cc1ccc(-c2ccc(Sc3ccccc3)c(-c3ccc(C)cc3)c2-c2ccc(C)cc2)cc1.O=S(=O)(O)C(F)(F)C(F)(F)C(F)(F)C(F)(F)F. The fourth-order valence-electron chi connectivity index (χ4n) is 4.81. The lowest BCUT2D eigenvalue weighted by Crippen LogP contribution is -2.63. The van der Waals surface area contributed by atoms with Gasteiger partial charge in [0.1, 0.15) is 0 Å². The van der Waals surface area contributed by atoms with E-state index in [0.717, 1.165) is 0 Å². The van der Waals surface area contributed by atoms with Gasteiger partial charge in [0.25, 0.3) is 0 Å². The maximum atomic E-state index is 12.2. The molecule has 0 bridgehead atoms. The van der Waals surface area contributed by atoms with Gasteiger partial charge in [0.2, 0.25) is 0 Å². The lowest BCUT2D eigenvalue weighted by molar-refractivity contribution is -0.382. The third-order valence-electron chi connectivity index (χ3n) is 7.62. The van der Waals surface area contributed by atoms with Crippen LogP contribution >= 0.6 is 11.8 Å². The highest BCUT2D eigenvalue weighted by molar-refractivity contribution is 7.99. The molecule has 0 aliphatic heterocycles. The van der Waals surface area contributed by atoms with Crippen LogP contribution < -0.4 is 0 Å². The normalized spacial score (nSPS) is 12.6. The van der Waals surface area contributed by atoms with Crippen LogP contribution in [0.15, 0.2) is 125 Å². The van der Waals surface area contributed by atoms with Crippen LogP contribution in [0.25, 0.3) is 33.4 Å². The summed E-state index contributed by atoms with van der Waals surface area (Å²) >= 11 is 1.83. The van der Waals surface area contributed by atoms with Gasteiger partial charge in [-0.1, -0.05) is 126 Å². The van der Waals surface area contributed by atoms with E-state index in [4.69, 9.17) is 4.55 Å². The van der Waals surface area contributed by atoms with Gasteiger partial charge < -0.3 is 0 Å². The number of aryl methyl sites for hydroxylation is 3. The highest BCUT2D eigenvalue weighted by Gasteiger charge is 2.85. The summed E-state index contributed by atoms with van der Waals surface area (Å²) in [4.78, 5) is 2.51. The van der Waals surface area contributed by atoms with E-state index >= 15 is 0 Å². The molecule has 0 unspecified atom stereocenters. The highest BCUT2D eigenvalue weighted by atomic mass is 32.2. The van der Waals surface area contributed by atoms with Crippen molar-refractivity contribution in [2.75, 3.05) is 0 Å². The molecule has 270 valence electrons. The van der Waals surface area contributed by atoms with E-state index in [0.29, 0.717) is 0 Å². The summed E-state index contributed by atoms with van der Waals surface area (Å²) in [5, 5.41) is -7.00. The predicted octanol–water partition coefficient (Wildman–Crippen LogP) is 12.1. The standard InChI is InChI=1S/C33H28S.C4HF9O3S/c1-23-9-15-26(16-10-23)30-21-22-31(34-29-7-5-4-6-8-29)33(28-19-13-25(3)14-20-28)32(30)27-17-11-24(2)12-18-27;5-1(6,3(9,10)11)2(7,8)4(12,13)17(14,15)16/h4-22H,1-3H3;(H,14,15,16). The van der Waals surface area contributed by atoms with E-state index in [1.807, 2.05) is 11.8 Å². The first-order valence-electron chi connectivity index (χ1n) is 14.9. The van der Waals surface area contributed by atoms with Crippen molar-refractivity contribution >= 4 is 21.9 Å². The van der Waals surface area contributed by atoms with E-state index in [1.165, 1.54) is 59.9 Å². The van der Waals surface area contributed by atoms with Gasteiger partial charge >= 0.3 is 33.4 Å². The first-order chi connectivity index (χ1) is 23.6. The van der Waals surface area contributed by atoms with E-state index in [9.17, 15) is 47.9 Å². The van der Waals surface area contributed by atoms with Crippen molar-refractivity contribution in [3.05, 3.63) is 132 Å². The van der Waals surface area contributed by atoms with Crippen molar-refractivity contribution < 1.29 is 52.5 Å². The average molecular weight is 757 g/mol. The second-order valence-corrected chi connectivity index (χ2v) is 14.1. The van der Waals surface area contributed by atoms with Gasteiger partial charge in [-0.25, -0.2) is 0 Å². The Morgan fingerprint density at radius 3 is 1.33 bits per heavy atom. The number of halogens is 9. The second kappa shape index (κ2) is 14.8. The van der Waals surface area contributed by atoms with Crippen LogP contribution in [0.4, 0.5) is 39.5 Å². The van der Waals surface area contributed by atoms with Crippen LogP contribution in [0.2, 0.25) is 0 Å². The summed E-state index contributed by atoms with van der Waals surface area (Å²) in [5.74, 6) is -14.7. The molecule has 5 aromatic carbocycles. The lowest BCUT2D eigenvalue weighted by Gasteiger charge is -2.31. The lowest BCUT2D eigenvalue weighted by atomic mass is 9.87. The van der Waals surface area contributed by atoms with Crippen molar-refractivity contribution in [1.82, 2.24) is 0 Å². The number of benzene rings is 5. The number of hydrogen-bond donors (Lipinski definition) is 1. The predicted molar refractivity (Wildman–Crippen MR) is 180 cm³/mol. The summed E-state index contributed by atoms with van der Waals surface area (Å²) in [5.41, 5.74) is 11.4. The topological polar surface area (TPSA) is 54.4 Å². The fraction of sp³-hybridized carbons (Fsp3) is 0.189. The molecule has 0 atom stereocenters. The zero-order chi connectivity index (χ0) is 38.0. The summed E-state index contributed by atoms with van der Waals surface area (Å²) < 4.78 is 134. The molecule has 51 heavy (non-hydrogen) atoms. The Balaban J connectivity index is 0.000000292. The maximum absolute atomic E-state index is 12.2. The maximum Gasteiger partial charge on any atom is 0.460 e. The van der Waals surface area contributed by atoms with Crippen molar-refractivity contribution in [2.45, 2.75) is 53.8 Å². The minimum absolute atomic E-state index is 1.24. The summed E-state index contributed by atoms with van der Waals surface area (Å²) in [6.07, 6.45) is -7.13. The van der Waals surface area contributed by atoms with Gasteiger partial charge in [-0.2, -0.15) is 47.9 Å². The average Bonchev–Trinajstić information content (AvgIpc) is 3.05. The van der Waals surface area contributed by atoms with Gasteiger partial charge in [-0.3, -0.25) is 4.55 Å². The monoisotopic (exact) mass is 756 g/mol. The van der Waals surface area contributed by atoms with Crippen LogP contribution in [0.5, 0.6) is 0 Å². The van der Waals surface area contributed by atoms with Crippen LogP contribution in [0.1, 0.15) is 16.7 Å². The quantitative estimate of drug-likeness (QED) is 0.127. The molecule has 0 heterocycles. The molecule has 0 fully saturated rings. The van der Waals surface area contributed by atoms with Crippen molar-refractivity contribution in [3.63, 3.8) is 0 Å². The summed E-state index contributed by atoms with van der Waals surface area (Å²) in [6.45, 7) is 6.43. The molecule has 0 spiro atoms. The Labute approximate surface area is 292 Å². The van der Waals surface area contributed by atoms with Crippen LogP contribution in [-0.2, 0) is 10.1 Å². The largest absolute Gasteiger partial charge is 0.460 e. The molecule has 14 heteroatoms. The highest BCUT2D eigenvalue weighted by Crippen LogP contribution is 2.54. The Bertz CT molecular complexity index is 2060. The van der Waals surface area contributed by atoms with Crippen LogP contribution in [-0.4, -0.2) is 36.2 Å². The zero-order valence-electron chi connectivity index (χ0n) is 27.0. The number of rotatable bonds is 8. The molecule has 0 saturated carbocycles. The van der Waals surface area contributed by atoms with Crippen molar-refractivity contribution in [1.29, 1.82) is 0 Å². The molecular formula is C37H29F9O3S2. The summed E-state index contributed by atoms with van der Waals surface area (Å²) in [7, 11) is -7.17. The number of alkyl halides is 9. The molecule has 0 aliphatic carbocycles. The molecule has 0 aromatic heterocycles. The van der Waals surface area contributed by atoms with Crippen molar-refractivity contribution in [3.8, 4) is 33.4 Å². The zero-order valence-corrected chi connectivity index (χ0v) is 28.6. The van der Waals surface area contributed by atoms with E-state index < -0.39 is 33.4 Å². The molecule has 5 rings (SSSR count). The molecular weight excluding hydrogens is 728 g/mol. The Morgan fingerprint density at radius 2 is 0.922 bits per heavy atom. The third kappa shape index (κ3) is 8.29. The smallest absolute Gasteiger partial charge is 0.281 e. The Hall–Kier alpha value is -4.27. The van der Waals surface area contributed by atoms with E-state index in [-0.39, 0.29) is 0 Å². The first-order valence-corrected chi connectivity index (χ1v) is 17.1. The van der Waals surface area contributed by atoms with Crippen molar-refractivity contribution in [2.24, 2.45) is 0 Å². The van der Waals surface area contributed by atoms with Gasteiger partial charge in [0, 0.05) is 15.4 Å². The number of hydrogen-bond acceptors (Lipinski definition) is 3. The minimum atomic E-state index is -7.37. The van der Waals surface area contributed by atoms with E-state index in [1.54, 1.807) is 0 Å². The molecule has 0 aliphatic rings. The minimum Gasteiger partial charge on any atom is -0.281 e. The molecule has 0 saturated heterocycles. The molecule has 0 radical (unpaired) electrons. The molecule has 1 N–H and O–H groups in total. The summed E-state index contributed by atoms with van der Waals surface area (Å²) in [6, 6.07) is 42.0. The van der Waals surface area contributed by atoms with Gasteiger partial charge in [-0.15, -0.1) is 0 Å². The Morgan fingerprint density at radius 1 is 0.510 bits per heavy atom. The van der Waals surface area contributed by atoms with Gasteiger partial charge in [-0.05, 0) is 66.8 Å². The van der Waals surface area contributed by atoms with Gasteiger partial charge in [0.15, 0.2) is 0 Å². The van der Waals surface area contributed by atoms with Gasteiger partial charge in [0.05, 0.1) is 0 Å². The Kier molecular flexibility index (Phi) is 11.4. The molecule has 3 nitrogen and oxygen atoms in total. The second-order valence-electron chi connectivity index (χ2n) is 11.5. The third-order valence-corrected chi connectivity index (χ3v) is 9.59. The first kappa shape index (κ1) is 39.5. The molecule has 5 aromatic rings. The molecule has 0 amide bonds.